The molecule has 0 aliphatic heterocycles. The van der Waals surface area contributed by atoms with E-state index in [-0.39, 0.29) is 0 Å². The smallest absolute Gasteiger partial charge is 0.372 e. The third-order valence-corrected chi connectivity index (χ3v) is 2.19. The quantitative estimate of drug-likeness (QED) is 0.524. The predicted octanol–water partition coefficient (Wildman–Crippen LogP) is 0.617. The van der Waals surface area contributed by atoms with Gasteiger partial charge in [-0.15, -0.1) is 0 Å². The van der Waals surface area contributed by atoms with E-state index in [1.807, 2.05) is 0 Å². The van der Waals surface area contributed by atoms with Crippen molar-refractivity contribution in [3.63, 3.8) is 0 Å². The number of aliphatic carboxylic acids is 2. The Labute approximate surface area is 85.7 Å². The Morgan fingerprint density at radius 2 is 1.67 bits per heavy atom. The van der Waals surface area contributed by atoms with Gasteiger partial charge in [-0.25, -0.2) is 4.79 Å². The van der Waals surface area contributed by atoms with Gasteiger partial charge in [0.1, 0.15) is 5.41 Å². The van der Waals surface area contributed by atoms with Crippen LogP contribution < -0.4 is 0 Å². The van der Waals surface area contributed by atoms with E-state index in [1.165, 1.54) is 12.2 Å². The minimum atomic E-state index is -1.61. The minimum absolute atomic E-state index is 0.551. The number of hydrogen-bond donors (Lipinski definition) is 2. The van der Waals surface area contributed by atoms with Crippen LogP contribution >= 0.6 is 0 Å². The van der Waals surface area contributed by atoms with Gasteiger partial charge < -0.3 is 10.2 Å². The van der Waals surface area contributed by atoms with Crippen molar-refractivity contribution in [3.8, 4) is 0 Å². The number of carboxylic acids is 2. The summed E-state index contributed by atoms with van der Waals surface area (Å²) >= 11 is 0. The normalized spacial score (nSPS) is 17.3. The van der Waals surface area contributed by atoms with E-state index >= 15 is 0 Å². The van der Waals surface area contributed by atoms with E-state index in [4.69, 9.17) is 10.2 Å². The van der Waals surface area contributed by atoms with Crippen LogP contribution in [0.4, 0.5) is 0 Å². The third kappa shape index (κ3) is 2.31. The predicted molar refractivity (Wildman–Crippen MR) is 50.2 cm³/mol. The summed E-state index contributed by atoms with van der Waals surface area (Å²) in [6.45, 7) is 0. The van der Waals surface area contributed by atoms with Gasteiger partial charge in [-0.05, 0) is 6.42 Å². The van der Waals surface area contributed by atoms with Crippen molar-refractivity contribution in [1.29, 1.82) is 0 Å². The molecular weight excluding hydrogens is 200 g/mol. The molecule has 0 amide bonds. The molecule has 5 heteroatoms. The first-order valence-corrected chi connectivity index (χ1v) is 4.33. The molecule has 0 aromatic carbocycles. The molecule has 0 saturated carbocycles. The Bertz CT molecular complexity index is 352. The van der Waals surface area contributed by atoms with Gasteiger partial charge >= 0.3 is 11.9 Å². The first-order chi connectivity index (χ1) is 6.98. The van der Waals surface area contributed by atoms with Crippen LogP contribution in [-0.4, -0.2) is 27.9 Å². The van der Waals surface area contributed by atoms with Crippen LogP contribution in [0.25, 0.3) is 0 Å². The van der Waals surface area contributed by atoms with Gasteiger partial charge in [0.2, 0.25) is 5.78 Å². The zero-order chi connectivity index (χ0) is 11.5. The third-order valence-electron chi connectivity index (χ3n) is 2.19. The molecule has 80 valence electrons. The highest BCUT2D eigenvalue weighted by Gasteiger charge is 2.38. The topological polar surface area (TPSA) is 91.7 Å². The minimum Gasteiger partial charge on any atom is -0.480 e. The Hall–Kier alpha value is -1.91. The second-order valence-corrected chi connectivity index (χ2v) is 3.29. The molecule has 0 bridgehead atoms. The molecule has 0 saturated heterocycles. The highest BCUT2D eigenvalue weighted by molar-refractivity contribution is 6.33. The summed E-state index contributed by atoms with van der Waals surface area (Å²) in [5.74, 6) is -3.93. The molecule has 0 aromatic rings. The van der Waals surface area contributed by atoms with Gasteiger partial charge in [0.05, 0.1) is 0 Å². The van der Waals surface area contributed by atoms with E-state index in [0.29, 0.717) is 6.42 Å². The van der Waals surface area contributed by atoms with E-state index in [9.17, 15) is 14.4 Å². The first-order valence-electron chi connectivity index (χ1n) is 4.33. The maximum atomic E-state index is 11.0. The van der Waals surface area contributed by atoms with Gasteiger partial charge in [-0.3, -0.25) is 9.59 Å². The molecule has 1 aliphatic rings. The fraction of sp³-hybridized carbons (Fsp3) is 0.300. The van der Waals surface area contributed by atoms with Gasteiger partial charge in [-0.1, -0.05) is 24.3 Å². The van der Waals surface area contributed by atoms with Crippen molar-refractivity contribution >= 4 is 17.7 Å². The van der Waals surface area contributed by atoms with Crippen molar-refractivity contribution < 1.29 is 24.6 Å². The summed E-state index contributed by atoms with van der Waals surface area (Å²) in [6.07, 6.45) is 5.96. The number of rotatable bonds is 4. The van der Waals surface area contributed by atoms with Crippen LogP contribution in [0.3, 0.4) is 0 Å². The van der Waals surface area contributed by atoms with Crippen LogP contribution in [0.5, 0.6) is 0 Å². The Balaban J connectivity index is 2.93. The molecule has 15 heavy (non-hydrogen) atoms. The number of carbonyl (C=O) groups excluding carboxylic acids is 1. The highest BCUT2D eigenvalue weighted by atomic mass is 16.4. The number of carboxylic acid groups (broad SMARTS) is 2. The first kappa shape index (κ1) is 11.2. The summed E-state index contributed by atoms with van der Waals surface area (Å²) in [6, 6.07) is 0. The Morgan fingerprint density at radius 3 is 2.07 bits per heavy atom. The maximum absolute atomic E-state index is 11.0. The summed E-state index contributed by atoms with van der Waals surface area (Å²) in [5, 5.41) is 17.4. The average Bonchev–Trinajstić information content (AvgIpc) is 2.18. The fourth-order valence-corrected chi connectivity index (χ4v) is 1.37. The van der Waals surface area contributed by atoms with E-state index in [0.717, 1.165) is 0 Å². The molecule has 0 unspecified atom stereocenters. The van der Waals surface area contributed by atoms with Gasteiger partial charge in [0.15, 0.2) is 0 Å². The van der Waals surface area contributed by atoms with Crippen LogP contribution in [-0.2, 0) is 14.4 Å². The van der Waals surface area contributed by atoms with Gasteiger partial charge in [-0.2, -0.15) is 0 Å². The molecule has 2 N–H and O–H groups in total. The van der Waals surface area contributed by atoms with Crippen molar-refractivity contribution in [2.45, 2.75) is 12.8 Å². The molecule has 0 aromatic heterocycles. The maximum Gasteiger partial charge on any atom is 0.372 e. The van der Waals surface area contributed by atoms with E-state index in [1.54, 1.807) is 12.2 Å². The number of ketones is 1. The van der Waals surface area contributed by atoms with Crippen molar-refractivity contribution in [3.05, 3.63) is 24.3 Å². The molecule has 0 fully saturated rings. The molecule has 0 radical (unpaired) electrons. The lowest BCUT2D eigenvalue weighted by atomic mass is 9.79. The number of carbonyl (C=O) groups is 3. The monoisotopic (exact) mass is 210 g/mol. The van der Waals surface area contributed by atoms with Crippen LogP contribution in [0, 0.1) is 5.41 Å². The van der Waals surface area contributed by atoms with Gasteiger partial charge in [0.25, 0.3) is 0 Å². The molecule has 0 spiro atoms. The number of Topliss-reactive ketones (excluding diaryl/α,β-unsaturated/α-hetero) is 1. The molecular formula is C10H10O5. The van der Waals surface area contributed by atoms with E-state index in [2.05, 4.69) is 0 Å². The lowest BCUT2D eigenvalue weighted by Gasteiger charge is -2.22. The highest BCUT2D eigenvalue weighted by Crippen LogP contribution is 2.30. The Kier molecular flexibility index (Phi) is 3.04. The summed E-state index contributed by atoms with van der Waals surface area (Å²) < 4.78 is 0. The molecule has 1 rings (SSSR count). The second kappa shape index (κ2) is 4.08. The van der Waals surface area contributed by atoms with Crippen molar-refractivity contribution in [1.82, 2.24) is 0 Å². The standard InChI is InChI=1S/C10H10O5/c11-7(8(12)13)6-10(9(14)15)4-2-1-3-5-10/h2-5H,1,6H2,(H,12,13)(H,14,15). The van der Waals surface area contributed by atoms with Crippen molar-refractivity contribution in [2.75, 3.05) is 0 Å². The Morgan fingerprint density at radius 1 is 1.13 bits per heavy atom. The zero-order valence-electron chi connectivity index (χ0n) is 7.84. The number of allylic oxidation sites excluding steroid dienone is 2. The second-order valence-electron chi connectivity index (χ2n) is 3.29. The van der Waals surface area contributed by atoms with E-state index < -0.39 is 29.6 Å². The SMILES string of the molecule is O=C(O)C(=O)CC1(C(=O)O)C=CCC=C1. The zero-order valence-corrected chi connectivity index (χ0v) is 7.84. The largest absolute Gasteiger partial charge is 0.480 e. The van der Waals surface area contributed by atoms with Gasteiger partial charge in [0, 0.05) is 6.42 Å². The molecule has 1 aliphatic carbocycles. The molecule has 0 heterocycles. The fourth-order valence-electron chi connectivity index (χ4n) is 1.37. The molecule has 5 nitrogen and oxygen atoms in total. The molecule has 0 atom stereocenters. The summed E-state index contributed by atoms with van der Waals surface area (Å²) in [5.41, 5.74) is -1.49. The van der Waals surface area contributed by atoms with Crippen LogP contribution in [0.15, 0.2) is 24.3 Å². The van der Waals surface area contributed by atoms with Crippen LogP contribution in [0.2, 0.25) is 0 Å². The summed E-state index contributed by atoms with van der Waals surface area (Å²) in [4.78, 5) is 32.3. The summed E-state index contributed by atoms with van der Waals surface area (Å²) in [7, 11) is 0. The average molecular weight is 210 g/mol. The van der Waals surface area contributed by atoms with Crippen LogP contribution in [0.1, 0.15) is 12.8 Å². The van der Waals surface area contributed by atoms with Crippen molar-refractivity contribution in [2.24, 2.45) is 5.41 Å². The number of hydrogen-bond acceptors (Lipinski definition) is 3. The lowest BCUT2D eigenvalue weighted by molar-refractivity contribution is -0.152. The lowest BCUT2D eigenvalue weighted by Crippen LogP contribution is -2.32.